The van der Waals surface area contributed by atoms with E-state index in [4.69, 9.17) is 0 Å². The molecule has 2 unspecified atom stereocenters. The van der Waals surface area contributed by atoms with Crippen molar-refractivity contribution in [3.05, 3.63) is 142 Å². The molecular formula is C33H17F2N3. The van der Waals surface area contributed by atoms with Gasteiger partial charge in [-0.2, -0.15) is 15.8 Å². The average Bonchev–Trinajstić information content (AvgIpc) is 3.30. The third-order valence-electron chi connectivity index (χ3n) is 7.37. The van der Waals surface area contributed by atoms with E-state index >= 15 is 0 Å². The van der Waals surface area contributed by atoms with Gasteiger partial charge in [0.1, 0.15) is 29.3 Å². The molecule has 4 aromatic carbocycles. The van der Waals surface area contributed by atoms with Crippen LogP contribution in [0.3, 0.4) is 0 Å². The summed E-state index contributed by atoms with van der Waals surface area (Å²) >= 11 is 0. The molecule has 0 heterocycles. The van der Waals surface area contributed by atoms with Crippen molar-refractivity contribution >= 4 is 11.1 Å². The van der Waals surface area contributed by atoms with Crippen molar-refractivity contribution < 1.29 is 8.78 Å². The minimum absolute atomic E-state index is 0.0592. The monoisotopic (exact) mass is 493 g/mol. The summed E-state index contributed by atoms with van der Waals surface area (Å²) in [5.74, 6) is -1.61. The molecule has 0 aromatic heterocycles. The van der Waals surface area contributed by atoms with E-state index in [0.29, 0.717) is 22.3 Å². The number of benzene rings is 4. The number of nitriles is 3. The van der Waals surface area contributed by atoms with Crippen LogP contribution in [-0.2, 0) is 0 Å². The number of rotatable bonds is 2. The van der Waals surface area contributed by atoms with Crippen molar-refractivity contribution in [2.24, 2.45) is 0 Å². The van der Waals surface area contributed by atoms with Crippen molar-refractivity contribution in [1.29, 1.82) is 15.8 Å². The molecule has 0 amide bonds. The Kier molecular flexibility index (Phi) is 5.45. The number of halogens is 2. The predicted octanol–water partition coefficient (Wildman–Crippen LogP) is 7.65. The summed E-state index contributed by atoms with van der Waals surface area (Å²) in [5, 5.41) is 29.9. The van der Waals surface area contributed by atoms with Gasteiger partial charge in [0, 0.05) is 11.8 Å². The van der Waals surface area contributed by atoms with Gasteiger partial charge in [0.2, 0.25) is 0 Å². The molecule has 2 aliphatic carbocycles. The van der Waals surface area contributed by atoms with Crippen LogP contribution in [0, 0.1) is 45.6 Å². The van der Waals surface area contributed by atoms with Gasteiger partial charge in [0.15, 0.2) is 0 Å². The third kappa shape index (κ3) is 3.44. The maximum absolute atomic E-state index is 14.0. The van der Waals surface area contributed by atoms with Crippen LogP contribution >= 0.6 is 0 Å². The summed E-state index contributed by atoms with van der Waals surface area (Å²) in [4.78, 5) is 0. The van der Waals surface area contributed by atoms with Crippen LogP contribution in [0.1, 0.15) is 39.7 Å². The van der Waals surface area contributed by atoms with Gasteiger partial charge in [-0.15, -0.1) is 0 Å². The molecule has 178 valence electrons. The Morgan fingerprint density at radius 1 is 0.658 bits per heavy atom. The topological polar surface area (TPSA) is 71.4 Å². The highest BCUT2D eigenvalue weighted by Gasteiger charge is 2.46. The summed E-state index contributed by atoms with van der Waals surface area (Å²) in [6, 6.07) is 31.9. The average molecular weight is 494 g/mol. The van der Waals surface area contributed by atoms with E-state index in [1.807, 2.05) is 36.4 Å². The Balaban J connectivity index is 1.81. The van der Waals surface area contributed by atoms with Crippen LogP contribution in [0.4, 0.5) is 8.78 Å². The lowest BCUT2D eigenvalue weighted by Gasteiger charge is -2.32. The van der Waals surface area contributed by atoms with E-state index < -0.39 is 17.6 Å². The molecule has 0 fully saturated rings. The third-order valence-corrected chi connectivity index (χ3v) is 7.37. The lowest BCUT2D eigenvalue weighted by atomic mass is 9.70. The quantitative estimate of drug-likeness (QED) is 0.269. The van der Waals surface area contributed by atoms with Crippen molar-refractivity contribution in [3.8, 4) is 29.3 Å². The molecule has 38 heavy (non-hydrogen) atoms. The maximum Gasteiger partial charge on any atom is 0.134 e. The van der Waals surface area contributed by atoms with E-state index in [9.17, 15) is 24.6 Å². The minimum atomic E-state index is -0.486. The van der Waals surface area contributed by atoms with E-state index in [1.165, 1.54) is 24.3 Å². The molecule has 6 rings (SSSR count). The molecule has 2 atom stereocenters. The van der Waals surface area contributed by atoms with Crippen LogP contribution in [0.2, 0.25) is 0 Å². The lowest BCUT2D eigenvalue weighted by Crippen LogP contribution is -2.15. The number of fused-ring (bicyclic) bond motifs is 6. The van der Waals surface area contributed by atoms with Crippen LogP contribution in [0.25, 0.3) is 22.3 Å². The van der Waals surface area contributed by atoms with Gasteiger partial charge in [-0.3, -0.25) is 0 Å². The second kappa shape index (κ2) is 8.97. The van der Waals surface area contributed by atoms with Gasteiger partial charge in [-0.1, -0.05) is 54.6 Å². The molecule has 0 saturated heterocycles. The molecule has 2 aliphatic rings. The molecular weight excluding hydrogens is 476 g/mol. The Hall–Kier alpha value is -5.31. The summed E-state index contributed by atoms with van der Waals surface area (Å²) in [6.07, 6.45) is 0. The highest BCUT2D eigenvalue weighted by Crippen LogP contribution is 2.64. The highest BCUT2D eigenvalue weighted by atomic mass is 19.1. The molecule has 3 nitrogen and oxygen atoms in total. The van der Waals surface area contributed by atoms with Crippen molar-refractivity contribution in [2.45, 2.75) is 11.8 Å². The zero-order valence-corrected chi connectivity index (χ0v) is 19.9. The summed E-state index contributed by atoms with van der Waals surface area (Å²) < 4.78 is 28.0. The van der Waals surface area contributed by atoms with E-state index in [-0.39, 0.29) is 11.5 Å². The van der Waals surface area contributed by atoms with E-state index in [1.54, 1.807) is 30.3 Å². The molecule has 0 spiro atoms. The summed E-state index contributed by atoms with van der Waals surface area (Å²) in [5.41, 5.74) is 7.59. The Morgan fingerprint density at radius 3 is 1.97 bits per heavy atom. The first-order valence-electron chi connectivity index (χ1n) is 12.0. The molecule has 0 bridgehead atoms. The Morgan fingerprint density at radius 2 is 1.32 bits per heavy atom. The fraction of sp³-hybridized carbons (Fsp3) is 0.0606. The predicted molar refractivity (Wildman–Crippen MR) is 140 cm³/mol. The van der Waals surface area contributed by atoms with Crippen LogP contribution in [-0.4, -0.2) is 0 Å². The van der Waals surface area contributed by atoms with Crippen LogP contribution in [0.15, 0.2) is 102 Å². The standard InChI is InChI=1S/C33H17F2N3/c34-23-10-6-20(7-11-23)29-31(22(17-37)18-38)30(21-8-12-24(35)13-9-21)33-28-15-19(16-36)5-14-26(28)25-3-1-2-4-27(25)32(29)33/h1-15,29,32H. The van der Waals surface area contributed by atoms with Gasteiger partial charge in [-0.25, -0.2) is 8.78 Å². The second-order valence-electron chi connectivity index (χ2n) is 9.27. The first-order chi connectivity index (χ1) is 18.5. The molecule has 0 saturated carbocycles. The second-order valence-corrected chi connectivity index (χ2v) is 9.27. The zero-order valence-electron chi connectivity index (χ0n) is 19.9. The fourth-order valence-electron chi connectivity index (χ4n) is 5.89. The van der Waals surface area contributed by atoms with Gasteiger partial charge < -0.3 is 0 Å². The van der Waals surface area contributed by atoms with Gasteiger partial charge in [0.05, 0.1) is 11.6 Å². The first-order valence-corrected chi connectivity index (χ1v) is 12.0. The highest BCUT2D eigenvalue weighted by molar-refractivity contribution is 6.11. The van der Waals surface area contributed by atoms with Gasteiger partial charge >= 0.3 is 0 Å². The normalized spacial score (nSPS) is 17.0. The Bertz CT molecular complexity index is 1790. The summed E-state index contributed by atoms with van der Waals surface area (Å²) in [7, 11) is 0. The number of hydrogen-bond donors (Lipinski definition) is 0. The van der Waals surface area contributed by atoms with Crippen LogP contribution in [0.5, 0.6) is 0 Å². The van der Waals surface area contributed by atoms with Crippen molar-refractivity contribution in [1.82, 2.24) is 0 Å². The molecule has 4 aromatic rings. The number of hydrogen-bond acceptors (Lipinski definition) is 3. The van der Waals surface area contributed by atoms with Gasteiger partial charge in [0.25, 0.3) is 0 Å². The largest absolute Gasteiger partial charge is 0.207 e. The van der Waals surface area contributed by atoms with E-state index in [0.717, 1.165) is 33.4 Å². The fourth-order valence-corrected chi connectivity index (χ4v) is 5.89. The maximum atomic E-state index is 14.0. The van der Waals surface area contributed by atoms with Crippen LogP contribution < -0.4 is 0 Å². The number of nitrogens with zero attached hydrogens (tertiary/aromatic N) is 3. The Labute approximate surface area is 218 Å². The summed E-state index contributed by atoms with van der Waals surface area (Å²) in [6.45, 7) is 0. The molecule has 5 heteroatoms. The molecule has 0 radical (unpaired) electrons. The van der Waals surface area contributed by atoms with E-state index in [2.05, 4.69) is 18.2 Å². The number of allylic oxidation sites excluding steroid dienone is 4. The lowest BCUT2D eigenvalue weighted by molar-refractivity contribution is 0.625. The SMILES string of the molecule is N#CC(C#N)=C1C(c2ccc(F)cc2)=C2c3cc(C#N)ccc3-c3ccccc3C2C1c1ccc(F)cc1. The molecule has 0 aliphatic heterocycles. The zero-order chi connectivity index (χ0) is 26.4. The van der Waals surface area contributed by atoms with Gasteiger partial charge in [-0.05, 0) is 86.5 Å². The van der Waals surface area contributed by atoms with Crippen molar-refractivity contribution in [3.63, 3.8) is 0 Å². The smallest absolute Gasteiger partial charge is 0.134 e. The first kappa shape index (κ1) is 23.1. The van der Waals surface area contributed by atoms with Crippen molar-refractivity contribution in [2.75, 3.05) is 0 Å². The molecule has 0 N–H and O–H groups in total. The minimum Gasteiger partial charge on any atom is -0.207 e.